The van der Waals surface area contributed by atoms with E-state index in [0.717, 1.165) is 27.7 Å². The second-order valence-corrected chi connectivity index (χ2v) is 7.39. The molecule has 0 radical (unpaired) electrons. The van der Waals surface area contributed by atoms with Gasteiger partial charge in [-0.2, -0.15) is 5.10 Å². The van der Waals surface area contributed by atoms with Crippen LogP contribution in [0.5, 0.6) is 5.75 Å². The number of aromatic amines is 2. The van der Waals surface area contributed by atoms with Crippen LogP contribution < -0.4 is 0 Å². The van der Waals surface area contributed by atoms with E-state index in [0.29, 0.717) is 28.3 Å². The van der Waals surface area contributed by atoms with Crippen LogP contribution in [0.15, 0.2) is 73.1 Å². The highest BCUT2D eigenvalue weighted by Gasteiger charge is 2.17. The van der Waals surface area contributed by atoms with Gasteiger partial charge in [-0.05, 0) is 42.0 Å². The second kappa shape index (κ2) is 6.98. The van der Waals surface area contributed by atoms with Crippen molar-refractivity contribution in [2.75, 3.05) is 0 Å². The quantitative estimate of drug-likeness (QED) is 0.369. The molecule has 0 fully saturated rings. The van der Waals surface area contributed by atoms with Crippen molar-refractivity contribution in [2.45, 2.75) is 0 Å². The fourth-order valence-corrected chi connectivity index (χ4v) is 3.80. The highest BCUT2D eigenvalue weighted by atomic mass is 19.1. The van der Waals surface area contributed by atoms with Crippen molar-refractivity contribution in [1.82, 2.24) is 30.1 Å². The summed E-state index contributed by atoms with van der Waals surface area (Å²) in [6.45, 7) is 0. The molecule has 0 spiro atoms. The molecule has 4 heterocycles. The summed E-state index contributed by atoms with van der Waals surface area (Å²) in [4.78, 5) is 16.9. The normalized spacial score (nSPS) is 11.4. The summed E-state index contributed by atoms with van der Waals surface area (Å²) in [6.07, 6.45) is 3.02. The number of aromatic hydroxyl groups is 1. The lowest BCUT2D eigenvalue weighted by atomic mass is 10.0. The van der Waals surface area contributed by atoms with E-state index in [1.165, 1.54) is 18.3 Å². The van der Waals surface area contributed by atoms with Crippen molar-refractivity contribution in [3.05, 3.63) is 78.9 Å². The van der Waals surface area contributed by atoms with Gasteiger partial charge in [-0.25, -0.2) is 14.4 Å². The second-order valence-electron chi connectivity index (χ2n) is 7.39. The van der Waals surface area contributed by atoms with Crippen LogP contribution in [-0.4, -0.2) is 35.2 Å². The molecular formula is C24H15FN6O. The van der Waals surface area contributed by atoms with E-state index in [2.05, 4.69) is 20.2 Å². The SMILES string of the molecule is Oc1cncc(-c2ccc3[nH]nc(-c4nc5c(-c6ccc(F)cc6)cccc5[nH]4)c3n2)c1. The van der Waals surface area contributed by atoms with Crippen LogP contribution >= 0.6 is 0 Å². The van der Waals surface area contributed by atoms with Gasteiger partial charge in [-0.3, -0.25) is 10.1 Å². The number of hydrogen-bond acceptors (Lipinski definition) is 5. The minimum absolute atomic E-state index is 0.0717. The third-order valence-corrected chi connectivity index (χ3v) is 5.32. The molecule has 0 aliphatic rings. The molecule has 6 aromatic rings. The monoisotopic (exact) mass is 422 g/mol. The number of rotatable bonds is 3. The Morgan fingerprint density at radius 1 is 0.812 bits per heavy atom. The molecule has 0 atom stereocenters. The maximum absolute atomic E-state index is 13.4. The first-order valence-corrected chi connectivity index (χ1v) is 9.90. The van der Waals surface area contributed by atoms with Crippen molar-refractivity contribution in [2.24, 2.45) is 0 Å². The van der Waals surface area contributed by atoms with Crippen molar-refractivity contribution in [1.29, 1.82) is 0 Å². The van der Waals surface area contributed by atoms with Crippen LogP contribution in [0, 0.1) is 5.82 Å². The number of fused-ring (bicyclic) bond motifs is 2. The minimum atomic E-state index is -0.282. The molecule has 4 aromatic heterocycles. The molecule has 6 rings (SSSR count). The Kier molecular flexibility index (Phi) is 3.97. The minimum Gasteiger partial charge on any atom is -0.506 e. The lowest BCUT2D eigenvalue weighted by Gasteiger charge is -2.02. The summed E-state index contributed by atoms with van der Waals surface area (Å²) in [5, 5.41) is 17.2. The smallest absolute Gasteiger partial charge is 0.161 e. The van der Waals surface area contributed by atoms with E-state index in [-0.39, 0.29) is 11.6 Å². The Balaban J connectivity index is 1.50. The summed E-state index contributed by atoms with van der Waals surface area (Å²) in [5.74, 6) is 0.359. The number of benzene rings is 2. The molecule has 0 amide bonds. The van der Waals surface area contributed by atoms with Gasteiger partial charge in [0.15, 0.2) is 11.5 Å². The topological polar surface area (TPSA) is 103 Å². The standard InChI is InChI=1S/C24H15FN6O/c25-15-6-4-13(5-7-15)17-2-1-3-19-21(17)29-24(28-19)23-22-20(30-31-23)9-8-18(27-22)14-10-16(32)12-26-11-14/h1-12,32H,(H,28,29)(H,30,31). The molecule has 3 N–H and O–H groups in total. The fraction of sp³-hybridized carbons (Fsp3) is 0. The summed E-state index contributed by atoms with van der Waals surface area (Å²) in [6, 6.07) is 17.5. The van der Waals surface area contributed by atoms with Crippen LogP contribution in [0.3, 0.4) is 0 Å². The highest BCUT2D eigenvalue weighted by Crippen LogP contribution is 2.32. The van der Waals surface area contributed by atoms with Crippen molar-refractivity contribution in [3.8, 4) is 39.7 Å². The van der Waals surface area contributed by atoms with E-state index < -0.39 is 0 Å². The number of halogens is 1. The number of aromatic nitrogens is 6. The van der Waals surface area contributed by atoms with E-state index >= 15 is 0 Å². The molecule has 0 unspecified atom stereocenters. The van der Waals surface area contributed by atoms with Gasteiger partial charge < -0.3 is 10.1 Å². The molecule has 2 aromatic carbocycles. The van der Waals surface area contributed by atoms with Gasteiger partial charge >= 0.3 is 0 Å². The molecule has 7 nitrogen and oxygen atoms in total. The van der Waals surface area contributed by atoms with Crippen LogP contribution in [0.25, 0.3) is 56.0 Å². The van der Waals surface area contributed by atoms with Gasteiger partial charge in [0.1, 0.15) is 17.1 Å². The summed E-state index contributed by atoms with van der Waals surface area (Å²) in [5.41, 5.74) is 6.71. The predicted molar refractivity (Wildman–Crippen MR) is 119 cm³/mol. The molecule has 0 aliphatic heterocycles. The first kappa shape index (κ1) is 18.2. The van der Waals surface area contributed by atoms with Gasteiger partial charge in [-0.15, -0.1) is 0 Å². The number of nitrogens with zero attached hydrogens (tertiary/aromatic N) is 4. The lowest BCUT2D eigenvalue weighted by Crippen LogP contribution is -1.87. The van der Waals surface area contributed by atoms with Gasteiger partial charge in [-0.1, -0.05) is 24.3 Å². The van der Waals surface area contributed by atoms with Crippen LogP contribution in [-0.2, 0) is 0 Å². The zero-order valence-corrected chi connectivity index (χ0v) is 16.5. The van der Waals surface area contributed by atoms with Crippen LogP contribution in [0.1, 0.15) is 0 Å². The number of nitrogens with one attached hydrogen (secondary N) is 2. The summed E-state index contributed by atoms with van der Waals surface area (Å²) >= 11 is 0. The molecule has 154 valence electrons. The number of pyridine rings is 2. The zero-order valence-electron chi connectivity index (χ0n) is 16.5. The molecule has 8 heteroatoms. The van der Waals surface area contributed by atoms with Gasteiger partial charge in [0.05, 0.1) is 28.4 Å². The number of hydrogen-bond donors (Lipinski definition) is 3. The molecular weight excluding hydrogens is 407 g/mol. The summed E-state index contributed by atoms with van der Waals surface area (Å²) in [7, 11) is 0. The Morgan fingerprint density at radius 2 is 1.69 bits per heavy atom. The Morgan fingerprint density at radius 3 is 2.53 bits per heavy atom. The largest absolute Gasteiger partial charge is 0.506 e. The van der Waals surface area contributed by atoms with Gasteiger partial charge in [0.2, 0.25) is 0 Å². The van der Waals surface area contributed by atoms with Crippen LogP contribution in [0.2, 0.25) is 0 Å². The summed E-state index contributed by atoms with van der Waals surface area (Å²) < 4.78 is 13.4. The number of imidazole rings is 1. The molecule has 32 heavy (non-hydrogen) atoms. The van der Waals surface area contributed by atoms with E-state index in [4.69, 9.17) is 9.97 Å². The fourth-order valence-electron chi connectivity index (χ4n) is 3.80. The van der Waals surface area contributed by atoms with E-state index in [1.807, 2.05) is 30.3 Å². The van der Waals surface area contributed by atoms with Crippen molar-refractivity contribution >= 4 is 22.1 Å². The lowest BCUT2D eigenvalue weighted by molar-refractivity contribution is 0.473. The first-order valence-electron chi connectivity index (χ1n) is 9.90. The molecule has 0 saturated heterocycles. The Labute approximate surface area is 180 Å². The number of H-pyrrole nitrogens is 2. The molecule has 0 aliphatic carbocycles. The zero-order chi connectivity index (χ0) is 21.7. The third-order valence-electron chi connectivity index (χ3n) is 5.32. The van der Waals surface area contributed by atoms with Gasteiger partial charge in [0.25, 0.3) is 0 Å². The van der Waals surface area contributed by atoms with Crippen molar-refractivity contribution in [3.63, 3.8) is 0 Å². The average Bonchev–Trinajstić information content (AvgIpc) is 3.43. The Hall–Kier alpha value is -4.59. The first-order chi connectivity index (χ1) is 15.7. The number of para-hydroxylation sites is 1. The predicted octanol–water partition coefficient (Wildman–Crippen LogP) is 5.07. The Bertz CT molecular complexity index is 1600. The van der Waals surface area contributed by atoms with E-state index in [9.17, 15) is 9.50 Å². The molecule has 0 saturated carbocycles. The average molecular weight is 422 g/mol. The molecule has 0 bridgehead atoms. The van der Waals surface area contributed by atoms with Gasteiger partial charge in [0, 0.05) is 17.3 Å². The maximum atomic E-state index is 13.4. The maximum Gasteiger partial charge on any atom is 0.161 e. The van der Waals surface area contributed by atoms with Crippen LogP contribution in [0.4, 0.5) is 4.39 Å². The van der Waals surface area contributed by atoms with E-state index in [1.54, 1.807) is 24.4 Å². The third kappa shape index (κ3) is 2.97. The van der Waals surface area contributed by atoms with Crippen molar-refractivity contribution < 1.29 is 9.50 Å². The highest BCUT2D eigenvalue weighted by molar-refractivity contribution is 5.96.